The standard InChI is InChI=1S/C17H20N4O2.C15H17N5O2/c1-3-5-12-6-8-13(9-7-12)10-21-15-14(16(22)19-17(21)23)20(4-2)11-18-15;1-2-19-9-17-13-12(19)14(21)18-15(22)20(13)8-11-5-3-10(7-16)4-6-11/h6-9,11H,3-5,10H2,1-2H3,(H,19,22,23);3-6,9H,2,7-8,16H2,1H3,(H,18,21,22)/p+1. The van der Waals surface area contributed by atoms with Crippen LogP contribution in [0.25, 0.3) is 22.3 Å². The molecule has 13 heteroatoms. The molecule has 0 aliphatic rings. The Morgan fingerprint density at radius 2 is 1.02 bits per heavy atom. The van der Waals surface area contributed by atoms with Crippen LogP contribution in [0.1, 0.15) is 49.4 Å². The predicted octanol–water partition coefficient (Wildman–Crippen LogP) is 1.60. The first-order valence-corrected chi connectivity index (χ1v) is 15.1. The molecule has 6 aromatic rings. The number of benzene rings is 2. The molecule has 0 aliphatic heterocycles. The third-order valence-corrected chi connectivity index (χ3v) is 7.75. The Hall–Kier alpha value is -5.30. The fourth-order valence-corrected chi connectivity index (χ4v) is 5.29. The van der Waals surface area contributed by atoms with Crippen LogP contribution in [0, 0.1) is 0 Å². The first kappa shape index (κ1) is 31.1. The molecular formula is C32H38N9O4+. The van der Waals surface area contributed by atoms with Crippen LogP contribution in [-0.4, -0.2) is 38.2 Å². The number of hydrogen-bond acceptors (Lipinski definition) is 6. The van der Waals surface area contributed by atoms with E-state index in [1.165, 1.54) is 14.7 Å². The lowest BCUT2D eigenvalue weighted by molar-refractivity contribution is -0.386. The number of hydrogen-bond donors (Lipinski definition) is 3. The molecule has 0 fully saturated rings. The van der Waals surface area contributed by atoms with Crippen molar-refractivity contribution in [3.63, 3.8) is 0 Å². The number of nitrogens with zero attached hydrogens (tertiary/aromatic N) is 6. The number of imidazole rings is 2. The van der Waals surface area contributed by atoms with Gasteiger partial charge in [0, 0.05) is 18.7 Å². The van der Waals surface area contributed by atoms with Crippen LogP contribution < -0.4 is 28.2 Å². The Bertz CT molecular complexity index is 2160. The summed E-state index contributed by atoms with van der Waals surface area (Å²) in [6.07, 6.45) is 5.33. The van der Waals surface area contributed by atoms with E-state index in [-0.39, 0.29) is 5.56 Å². The zero-order chi connectivity index (χ0) is 32.1. The van der Waals surface area contributed by atoms with Crippen LogP contribution in [0.4, 0.5) is 0 Å². The van der Waals surface area contributed by atoms with Crippen LogP contribution in [-0.2, 0) is 39.1 Å². The van der Waals surface area contributed by atoms with Gasteiger partial charge in [-0.05, 0) is 37.0 Å². The van der Waals surface area contributed by atoms with Gasteiger partial charge in [-0.15, -0.1) is 0 Å². The zero-order valence-corrected chi connectivity index (χ0v) is 25.7. The third-order valence-electron chi connectivity index (χ3n) is 7.75. The summed E-state index contributed by atoms with van der Waals surface area (Å²) in [4.78, 5) is 61.6. The molecule has 0 saturated carbocycles. The van der Waals surface area contributed by atoms with Crippen LogP contribution in [0.2, 0.25) is 0 Å². The Labute approximate surface area is 257 Å². The summed E-state index contributed by atoms with van der Waals surface area (Å²) in [5.74, 6) is 0. The molecule has 45 heavy (non-hydrogen) atoms. The first-order chi connectivity index (χ1) is 21.8. The van der Waals surface area contributed by atoms with Crippen molar-refractivity contribution in [2.75, 3.05) is 0 Å². The van der Waals surface area contributed by atoms with Crippen LogP contribution in [0.15, 0.2) is 80.4 Å². The largest absolute Gasteiger partial charge is 0.354 e. The highest BCUT2D eigenvalue weighted by atomic mass is 16.2. The molecule has 0 aliphatic carbocycles. The van der Waals surface area contributed by atoms with E-state index in [4.69, 9.17) is 0 Å². The molecule has 0 unspecified atom stereocenters. The molecule has 0 spiro atoms. The maximum absolute atomic E-state index is 12.2. The highest BCUT2D eigenvalue weighted by molar-refractivity contribution is 5.70. The molecule has 5 N–H and O–H groups in total. The van der Waals surface area contributed by atoms with E-state index >= 15 is 0 Å². The second kappa shape index (κ2) is 13.6. The van der Waals surface area contributed by atoms with Gasteiger partial charge in [-0.1, -0.05) is 61.9 Å². The molecule has 0 saturated heterocycles. The topological polar surface area (TPSA) is 173 Å². The lowest BCUT2D eigenvalue weighted by atomic mass is 10.1. The van der Waals surface area contributed by atoms with E-state index in [2.05, 4.69) is 44.7 Å². The Kier molecular flexibility index (Phi) is 9.38. The zero-order valence-electron chi connectivity index (χ0n) is 25.7. The van der Waals surface area contributed by atoms with Crippen molar-refractivity contribution < 1.29 is 5.73 Å². The minimum atomic E-state index is -0.444. The van der Waals surface area contributed by atoms with Gasteiger partial charge in [0.05, 0.1) is 32.3 Å². The summed E-state index contributed by atoms with van der Waals surface area (Å²) in [5.41, 5.74) is 8.28. The van der Waals surface area contributed by atoms with Gasteiger partial charge in [0.15, 0.2) is 22.3 Å². The van der Waals surface area contributed by atoms with Gasteiger partial charge >= 0.3 is 11.4 Å². The maximum Gasteiger partial charge on any atom is 0.330 e. The predicted molar refractivity (Wildman–Crippen MR) is 172 cm³/mol. The fourth-order valence-electron chi connectivity index (χ4n) is 5.29. The molecule has 6 rings (SSSR count). The van der Waals surface area contributed by atoms with E-state index in [0.29, 0.717) is 48.5 Å². The van der Waals surface area contributed by atoms with Crippen LogP contribution >= 0.6 is 0 Å². The second-order valence-corrected chi connectivity index (χ2v) is 10.7. The fraction of sp³-hybridized carbons (Fsp3) is 0.312. The highest BCUT2D eigenvalue weighted by Gasteiger charge is 2.14. The number of aromatic amines is 2. The molecule has 4 heterocycles. The summed E-state index contributed by atoms with van der Waals surface area (Å²) in [6, 6.07) is 16.1. The second-order valence-electron chi connectivity index (χ2n) is 10.7. The minimum Gasteiger partial charge on any atom is -0.354 e. The number of aromatic nitrogens is 8. The minimum absolute atomic E-state index is 0.365. The van der Waals surface area contributed by atoms with Gasteiger partial charge in [0.25, 0.3) is 11.1 Å². The monoisotopic (exact) mass is 612 g/mol. The number of aryl methyl sites for hydroxylation is 3. The smallest absolute Gasteiger partial charge is 0.330 e. The first-order valence-electron chi connectivity index (χ1n) is 15.1. The van der Waals surface area contributed by atoms with E-state index in [0.717, 1.165) is 36.1 Å². The summed E-state index contributed by atoms with van der Waals surface area (Å²) >= 11 is 0. The average Bonchev–Trinajstić information content (AvgIpc) is 3.68. The van der Waals surface area contributed by atoms with E-state index < -0.39 is 16.9 Å². The van der Waals surface area contributed by atoms with Crippen molar-refractivity contribution in [3.05, 3.63) is 125 Å². The van der Waals surface area contributed by atoms with Gasteiger partial charge in [0.2, 0.25) is 0 Å². The van der Waals surface area contributed by atoms with E-state index in [1.54, 1.807) is 21.8 Å². The molecular weight excluding hydrogens is 574 g/mol. The van der Waals surface area contributed by atoms with Crippen molar-refractivity contribution in [1.29, 1.82) is 0 Å². The SMILES string of the molecule is CCCc1ccc(Cn2c(=O)[nH]c(=O)c3c2ncn3CC)cc1.CCn1cnc2c1c(=O)[nH]c(=O)n2Cc1ccc(C[NH3+])cc1. The number of quaternary nitrogens is 1. The van der Waals surface area contributed by atoms with Crippen molar-refractivity contribution in [1.82, 2.24) is 38.2 Å². The quantitative estimate of drug-likeness (QED) is 0.224. The molecule has 2 aromatic carbocycles. The maximum atomic E-state index is 12.2. The van der Waals surface area contributed by atoms with Crippen molar-refractivity contribution in [2.24, 2.45) is 0 Å². The number of fused-ring (bicyclic) bond motifs is 2. The van der Waals surface area contributed by atoms with Crippen molar-refractivity contribution in [3.8, 4) is 0 Å². The normalized spacial score (nSPS) is 11.2. The van der Waals surface area contributed by atoms with E-state index in [9.17, 15) is 19.2 Å². The summed E-state index contributed by atoms with van der Waals surface area (Å²) in [5, 5.41) is 0. The average molecular weight is 613 g/mol. The molecule has 13 nitrogen and oxygen atoms in total. The third kappa shape index (κ3) is 6.48. The van der Waals surface area contributed by atoms with E-state index in [1.807, 2.05) is 50.2 Å². The highest BCUT2D eigenvalue weighted by Crippen LogP contribution is 2.12. The Morgan fingerprint density at radius 3 is 1.40 bits per heavy atom. The van der Waals surface area contributed by atoms with Crippen molar-refractivity contribution >= 4 is 22.3 Å². The van der Waals surface area contributed by atoms with Gasteiger partial charge in [0.1, 0.15) is 0 Å². The number of nitrogens with one attached hydrogen (secondary N) is 2. The van der Waals surface area contributed by atoms with Gasteiger partial charge in [-0.25, -0.2) is 19.6 Å². The summed E-state index contributed by atoms with van der Waals surface area (Å²) in [6.45, 7) is 8.73. The van der Waals surface area contributed by atoms with Crippen molar-refractivity contribution in [2.45, 2.75) is 66.3 Å². The lowest BCUT2D eigenvalue weighted by Crippen LogP contribution is -2.47. The molecule has 0 amide bonds. The number of rotatable bonds is 9. The Morgan fingerprint density at radius 1 is 0.622 bits per heavy atom. The van der Waals surface area contributed by atoms with Crippen LogP contribution in [0.3, 0.4) is 0 Å². The summed E-state index contributed by atoms with van der Waals surface area (Å²) < 4.78 is 6.48. The van der Waals surface area contributed by atoms with Crippen LogP contribution in [0.5, 0.6) is 0 Å². The Balaban J connectivity index is 0.000000178. The molecule has 0 atom stereocenters. The molecule has 0 radical (unpaired) electrons. The molecule has 234 valence electrons. The summed E-state index contributed by atoms with van der Waals surface area (Å²) in [7, 11) is 0. The van der Waals surface area contributed by atoms with Gasteiger partial charge in [-0.3, -0.25) is 28.7 Å². The molecule has 4 aromatic heterocycles. The van der Waals surface area contributed by atoms with Gasteiger partial charge in [-0.2, -0.15) is 0 Å². The number of H-pyrrole nitrogens is 2. The lowest BCUT2D eigenvalue weighted by Gasteiger charge is -2.08. The van der Waals surface area contributed by atoms with Gasteiger partial charge < -0.3 is 14.9 Å². The molecule has 0 bridgehead atoms.